The summed E-state index contributed by atoms with van der Waals surface area (Å²) in [6.45, 7) is 6.90. The maximum atomic E-state index is 13.0. The van der Waals surface area contributed by atoms with Crippen LogP contribution in [-0.2, 0) is 14.8 Å². The zero-order chi connectivity index (χ0) is 21.2. The summed E-state index contributed by atoms with van der Waals surface area (Å²) >= 11 is 0. The summed E-state index contributed by atoms with van der Waals surface area (Å²) in [6.07, 6.45) is 0. The Balaban J connectivity index is 1.97. The first kappa shape index (κ1) is 21.3. The highest BCUT2D eigenvalue weighted by molar-refractivity contribution is 7.89. The molecular weight excluding hydrogens is 394 g/mol. The van der Waals surface area contributed by atoms with E-state index in [9.17, 15) is 13.2 Å². The smallest absolute Gasteiger partial charge is 0.347 e. The Morgan fingerprint density at radius 2 is 1.69 bits per heavy atom. The average Bonchev–Trinajstić information content (AvgIpc) is 2.74. The van der Waals surface area contributed by atoms with Crippen LogP contribution in [0.15, 0.2) is 35.2 Å². The fourth-order valence-corrected chi connectivity index (χ4v) is 4.61. The zero-order valence-electron chi connectivity index (χ0n) is 17.0. The van der Waals surface area contributed by atoms with Crippen molar-refractivity contribution in [1.82, 2.24) is 4.31 Å². The number of aryl methyl sites for hydroxylation is 2. The van der Waals surface area contributed by atoms with Gasteiger partial charge in [-0.2, -0.15) is 4.31 Å². The van der Waals surface area contributed by atoms with Crippen molar-refractivity contribution >= 4 is 16.0 Å². The van der Waals surface area contributed by atoms with Gasteiger partial charge in [0.15, 0.2) is 0 Å². The molecule has 0 N–H and O–H groups in total. The van der Waals surface area contributed by atoms with E-state index in [1.807, 2.05) is 32.9 Å². The van der Waals surface area contributed by atoms with Gasteiger partial charge in [0.25, 0.3) is 0 Å². The molecule has 29 heavy (non-hydrogen) atoms. The minimum absolute atomic E-state index is 0.0184. The van der Waals surface area contributed by atoms with Gasteiger partial charge >= 0.3 is 5.97 Å². The summed E-state index contributed by atoms with van der Waals surface area (Å²) in [7, 11) is -2.33. The lowest BCUT2D eigenvalue weighted by molar-refractivity contribution is 0.0724. The second-order valence-corrected chi connectivity index (χ2v) is 8.86. The van der Waals surface area contributed by atoms with Crippen molar-refractivity contribution in [1.29, 1.82) is 0 Å². The molecule has 1 fully saturated rings. The Morgan fingerprint density at radius 3 is 2.34 bits per heavy atom. The van der Waals surface area contributed by atoms with Crippen molar-refractivity contribution in [3.8, 4) is 11.5 Å². The number of benzene rings is 2. The number of hydrogen-bond acceptors (Lipinski definition) is 6. The predicted molar refractivity (Wildman–Crippen MR) is 108 cm³/mol. The molecule has 0 saturated carbocycles. The molecule has 8 heteroatoms. The van der Waals surface area contributed by atoms with Crippen LogP contribution in [0, 0.1) is 20.8 Å². The Kier molecular flexibility index (Phi) is 6.26. The number of morpholine rings is 1. The Bertz CT molecular complexity index is 1030. The molecule has 3 rings (SSSR count). The molecule has 7 nitrogen and oxygen atoms in total. The van der Waals surface area contributed by atoms with Gasteiger partial charge in [0.2, 0.25) is 10.0 Å². The topological polar surface area (TPSA) is 82.1 Å². The van der Waals surface area contributed by atoms with Gasteiger partial charge in [-0.1, -0.05) is 12.1 Å². The molecule has 0 aliphatic carbocycles. The summed E-state index contributed by atoms with van der Waals surface area (Å²) in [5, 5.41) is 0. The SMILES string of the molecule is COc1ccc(S(=O)(=O)N2CCOCC2)cc1C(=O)Oc1c(C)ccc(C)c1C. The lowest BCUT2D eigenvalue weighted by Gasteiger charge is -2.26. The third-order valence-electron chi connectivity index (χ3n) is 5.07. The van der Waals surface area contributed by atoms with Crippen LogP contribution in [0.5, 0.6) is 11.5 Å². The molecule has 2 aromatic carbocycles. The highest BCUT2D eigenvalue weighted by Gasteiger charge is 2.28. The van der Waals surface area contributed by atoms with Crippen molar-refractivity contribution in [3.63, 3.8) is 0 Å². The number of esters is 1. The van der Waals surface area contributed by atoms with Crippen LogP contribution in [0.2, 0.25) is 0 Å². The molecule has 0 unspecified atom stereocenters. The van der Waals surface area contributed by atoms with E-state index in [0.717, 1.165) is 16.7 Å². The lowest BCUT2D eigenvalue weighted by atomic mass is 10.1. The lowest BCUT2D eigenvalue weighted by Crippen LogP contribution is -2.40. The highest BCUT2D eigenvalue weighted by Crippen LogP contribution is 2.30. The Labute approximate surface area is 171 Å². The largest absolute Gasteiger partial charge is 0.496 e. The van der Waals surface area contributed by atoms with Crippen molar-refractivity contribution in [2.24, 2.45) is 0 Å². The summed E-state index contributed by atoms with van der Waals surface area (Å²) < 4.78 is 43.4. The molecule has 0 radical (unpaired) electrons. The number of carbonyl (C=O) groups is 1. The molecule has 1 aliphatic heterocycles. The van der Waals surface area contributed by atoms with E-state index >= 15 is 0 Å². The number of ether oxygens (including phenoxy) is 3. The molecule has 0 atom stereocenters. The van der Waals surface area contributed by atoms with Crippen LogP contribution in [0.3, 0.4) is 0 Å². The third-order valence-corrected chi connectivity index (χ3v) is 6.96. The number of nitrogens with zero attached hydrogens (tertiary/aromatic N) is 1. The van der Waals surface area contributed by atoms with Gasteiger partial charge in [-0.25, -0.2) is 13.2 Å². The van der Waals surface area contributed by atoms with Crippen LogP contribution in [0.25, 0.3) is 0 Å². The molecular formula is C21H25NO6S. The van der Waals surface area contributed by atoms with E-state index in [-0.39, 0.29) is 29.3 Å². The fraction of sp³-hybridized carbons (Fsp3) is 0.381. The van der Waals surface area contributed by atoms with Crippen LogP contribution < -0.4 is 9.47 Å². The van der Waals surface area contributed by atoms with Crippen LogP contribution >= 0.6 is 0 Å². The minimum atomic E-state index is -3.75. The number of sulfonamides is 1. The fourth-order valence-electron chi connectivity index (χ4n) is 3.17. The third kappa shape index (κ3) is 4.29. The second kappa shape index (κ2) is 8.52. The molecule has 1 aliphatic rings. The second-order valence-electron chi connectivity index (χ2n) is 6.92. The molecule has 0 spiro atoms. The van der Waals surface area contributed by atoms with E-state index in [4.69, 9.17) is 14.2 Å². The molecule has 1 saturated heterocycles. The van der Waals surface area contributed by atoms with Gasteiger partial charge in [0.05, 0.1) is 25.2 Å². The molecule has 0 amide bonds. The van der Waals surface area contributed by atoms with E-state index in [2.05, 4.69) is 0 Å². The quantitative estimate of drug-likeness (QED) is 0.548. The number of carbonyl (C=O) groups excluding carboxylic acids is 1. The first-order valence-corrected chi connectivity index (χ1v) is 10.7. The first-order chi connectivity index (χ1) is 13.8. The monoisotopic (exact) mass is 419 g/mol. The summed E-state index contributed by atoms with van der Waals surface area (Å²) in [5.41, 5.74) is 2.73. The van der Waals surface area contributed by atoms with Crippen molar-refractivity contribution in [2.75, 3.05) is 33.4 Å². The van der Waals surface area contributed by atoms with Crippen LogP contribution in [0.4, 0.5) is 0 Å². The summed E-state index contributed by atoms with van der Waals surface area (Å²) in [4.78, 5) is 13.0. The number of methoxy groups -OCH3 is 1. The number of hydrogen-bond donors (Lipinski definition) is 0. The zero-order valence-corrected chi connectivity index (χ0v) is 17.8. The maximum Gasteiger partial charge on any atom is 0.347 e. The normalized spacial score (nSPS) is 15.2. The molecule has 156 valence electrons. The van der Waals surface area contributed by atoms with Gasteiger partial charge in [0.1, 0.15) is 17.1 Å². The summed E-state index contributed by atoms with van der Waals surface area (Å²) in [5.74, 6) is 0.0510. The van der Waals surface area contributed by atoms with E-state index in [1.54, 1.807) is 0 Å². The minimum Gasteiger partial charge on any atom is -0.496 e. The van der Waals surface area contributed by atoms with Gasteiger partial charge in [-0.05, 0) is 55.7 Å². The van der Waals surface area contributed by atoms with Gasteiger partial charge in [-0.3, -0.25) is 0 Å². The van der Waals surface area contributed by atoms with Crippen molar-refractivity contribution < 1.29 is 27.4 Å². The van der Waals surface area contributed by atoms with E-state index < -0.39 is 16.0 Å². The van der Waals surface area contributed by atoms with Gasteiger partial charge in [-0.15, -0.1) is 0 Å². The van der Waals surface area contributed by atoms with Crippen molar-refractivity contribution in [3.05, 3.63) is 52.6 Å². The first-order valence-electron chi connectivity index (χ1n) is 9.30. The molecule has 0 bridgehead atoms. The standard InChI is InChI=1S/C21H25NO6S/c1-14-5-6-15(2)20(16(14)3)28-21(23)18-13-17(7-8-19(18)26-4)29(24,25)22-9-11-27-12-10-22/h5-8,13H,9-12H2,1-4H3. The maximum absolute atomic E-state index is 13.0. The Morgan fingerprint density at radius 1 is 1.03 bits per heavy atom. The van der Waals surface area contributed by atoms with Gasteiger partial charge < -0.3 is 14.2 Å². The average molecular weight is 419 g/mol. The molecule has 1 heterocycles. The molecule has 2 aromatic rings. The van der Waals surface area contributed by atoms with Gasteiger partial charge in [0, 0.05) is 13.1 Å². The van der Waals surface area contributed by atoms with E-state index in [1.165, 1.54) is 29.6 Å². The molecule has 0 aromatic heterocycles. The summed E-state index contributed by atoms with van der Waals surface area (Å²) in [6, 6.07) is 8.05. The van der Waals surface area contributed by atoms with Crippen molar-refractivity contribution in [2.45, 2.75) is 25.7 Å². The predicted octanol–water partition coefficient (Wildman–Crippen LogP) is 2.86. The van der Waals surface area contributed by atoms with Crippen LogP contribution in [0.1, 0.15) is 27.0 Å². The Hall–Kier alpha value is -2.42. The van der Waals surface area contributed by atoms with Crippen LogP contribution in [-0.4, -0.2) is 52.1 Å². The number of rotatable bonds is 5. The highest BCUT2D eigenvalue weighted by atomic mass is 32.2. The van der Waals surface area contributed by atoms with E-state index in [0.29, 0.717) is 19.0 Å².